The standard InChI is InChI=1S/C30H29NO6/c1-35-29-18-26-27(19-30(29)36-2)31-13-11-28(26)37-25-9-7-20(8-10-25)15-23(33)17-24(34)16-22-6-4-3-5-21(22)12-14-32/h3-11,13,18-19,32H,12,14-17H2,1-2H3. The maximum absolute atomic E-state index is 12.5. The molecule has 0 aliphatic rings. The van der Waals surface area contributed by atoms with Crippen LogP contribution >= 0.6 is 0 Å². The summed E-state index contributed by atoms with van der Waals surface area (Å²) in [5.41, 5.74) is 3.30. The van der Waals surface area contributed by atoms with Gasteiger partial charge >= 0.3 is 0 Å². The first-order valence-electron chi connectivity index (χ1n) is 12.0. The molecule has 0 unspecified atom stereocenters. The molecule has 0 spiro atoms. The van der Waals surface area contributed by atoms with Crippen molar-refractivity contribution in [1.29, 1.82) is 0 Å². The second-order valence-corrected chi connectivity index (χ2v) is 8.63. The number of Topliss-reactive ketones (excluding diaryl/α,β-unsaturated/α-hetero) is 2. The van der Waals surface area contributed by atoms with Gasteiger partial charge < -0.3 is 19.3 Å². The van der Waals surface area contributed by atoms with E-state index in [0.717, 1.165) is 22.1 Å². The van der Waals surface area contributed by atoms with Gasteiger partial charge in [0, 0.05) is 37.1 Å². The molecular formula is C30H29NO6. The fraction of sp³-hybridized carbons (Fsp3) is 0.233. The normalized spacial score (nSPS) is 10.8. The van der Waals surface area contributed by atoms with Gasteiger partial charge in [0.25, 0.3) is 0 Å². The lowest BCUT2D eigenvalue weighted by molar-refractivity contribution is -0.126. The second-order valence-electron chi connectivity index (χ2n) is 8.63. The number of rotatable bonds is 12. The van der Waals surface area contributed by atoms with Gasteiger partial charge in [-0.1, -0.05) is 36.4 Å². The van der Waals surface area contributed by atoms with E-state index in [9.17, 15) is 14.7 Å². The molecule has 0 fully saturated rings. The van der Waals surface area contributed by atoms with E-state index in [4.69, 9.17) is 14.2 Å². The molecule has 1 N–H and O–H groups in total. The Kier molecular flexibility index (Phi) is 8.48. The number of hydrogen-bond donors (Lipinski definition) is 1. The van der Waals surface area contributed by atoms with Crippen LogP contribution in [0.4, 0.5) is 0 Å². The molecule has 1 heterocycles. The summed E-state index contributed by atoms with van der Waals surface area (Å²) in [6.07, 6.45) is 2.38. The topological polar surface area (TPSA) is 95.0 Å². The van der Waals surface area contributed by atoms with Gasteiger partial charge in [0.1, 0.15) is 23.1 Å². The number of carbonyl (C=O) groups excluding carboxylic acids is 2. The molecule has 190 valence electrons. The minimum Gasteiger partial charge on any atom is -0.493 e. The van der Waals surface area contributed by atoms with E-state index in [1.54, 1.807) is 44.7 Å². The molecule has 0 aliphatic heterocycles. The van der Waals surface area contributed by atoms with E-state index in [2.05, 4.69) is 4.98 Å². The minimum absolute atomic E-state index is 0.0180. The number of ketones is 2. The third kappa shape index (κ3) is 6.51. The first-order chi connectivity index (χ1) is 18.0. The van der Waals surface area contributed by atoms with Crippen molar-refractivity contribution in [3.63, 3.8) is 0 Å². The van der Waals surface area contributed by atoms with Crippen LogP contribution in [0, 0.1) is 0 Å². The van der Waals surface area contributed by atoms with Crippen molar-refractivity contribution in [2.24, 2.45) is 0 Å². The largest absolute Gasteiger partial charge is 0.493 e. The maximum Gasteiger partial charge on any atom is 0.162 e. The van der Waals surface area contributed by atoms with Gasteiger partial charge in [-0.2, -0.15) is 0 Å². The highest BCUT2D eigenvalue weighted by atomic mass is 16.5. The molecule has 0 amide bonds. The van der Waals surface area contributed by atoms with Crippen LogP contribution in [0.1, 0.15) is 23.1 Å². The molecule has 0 radical (unpaired) electrons. The van der Waals surface area contributed by atoms with Crippen LogP contribution in [0.15, 0.2) is 72.9 Å². The summed E-state index contributed by atoms with van der Waals surface area (Å²) in [5, 5.41) is 9.99. The zero-order chi connectivity index (χ0) is 26.2. The molecular weight excluding hydrogens is 470 g/mol. The summed E-state index contributed by atoms with van der Waals surface area (Å²) in [6, 6.07) is 20.1. The Labute approximate surface area is 215 Å². The van der Waals surface area contributed by atoms with Gasteiger partial charge in [-0.05, 0) is 47.4 Å². The number of ether oxygens (including phenoxy) is 3. The van der Waals surface area contributed by atoms with E-state index < -0.39 is 0 Å². The van der Waals surface area contributed by atoms with Gasteiger partial charge in [-0.25, -0.2) is 0 Å². The Balaban J connectivity index is 1.38. The number of aliphatic hydroxyl groups is 1. The van der Waals surface area contributed by atoms with Crippen LogP contribution in [0.3, 0.4) is 0 Å². The van der Waals surface area contributed by atoms with Gasteiger partial charge in [-0.15, -0.1) is 0 Å². The predicted octanol–water partition coefficient (Wildman–Crippen LogP) is 4.89. The number of hydrogen-bond acceptors (Lipinski definition) is 7. The number of aromatic nitrogens is 1. The summed E-state index contributed by atoms with van der Waals surface area (Å²) >= 11 is 0. The van der Waals surface area contributed by atoms with Gasteiger partial charge in [0.05, 0.1) is 26.2 Å². The highest BCUT2D eigenvalue weighted by Gasteiger charge is 2.14. The van der Waals surface area contributed by atoms with Gasteiger partial charge in [-0.3, -0.25) is 14.6 Å². The molecule has 4 rings (SSSR count). The van der Waals surface area contributed by atoms with Crippen molar-refractivity contribution in [3.8, 4) is 23.0 Å². The molecule has 7 nitrogen and oxygen atoms in total. The third-order valence-electron chi connectivity index (χ3n) is 6.04. The third-order valence-corrected chi connectivity index (χ3v) is 6.04. The summed E-state index contributed by atoms with van der Waals surface area (Å²) in [4.78, 5) is 29.4. The Hall–Kier alpha value is -4.23. The maximum atomic E-state index is 12.5. The molecule has 37 heavy (non-hydrogen) atoms. The molecule has 0 bridgehead atoms. The number of nitrogens with zero attached hydrogens (tertiary/aromatic N) is 1. The first-order valence-corrected chi connectivity index (χ1v) is 12.0. The summed E-state index contributed by atoms with van der Waals surface area (Å²) in [5.74, 6) is 2.11. The van der Waals surface area contributed by atoms with Crippen molar-refractivity contribution in [3.05, 3.63) is 89.6 Å². The number of aliphatic hydroxyl groups excluding tert-OH is 1. The van der Waals surface area contributed by atoms with E-state index >= 15 is 0 Å². The van der Waals surface area contributed by atoms with Crippen LogP contribution < -0.4 is 14.2 Å². The van der Waals surface area contributed by atoms with Crippen LogP contribution in [0.25, 0.3) is 10.9 Å². The monoisotopic (exact) mass is 499 g/mol. The lowest BCUT2D eigenvalue weighted by Crippen LogP contribution is -2.13. The number of benzene rings is 3. The van der Waals surface area contributed by atoms with Crippen molar-refractivity contribution < 1.29 is 28.9 Å². The van der Waals surface area contributed by atoms with Gasteiger partial charge in [0.15, 0.2) is 11.5 Å². The highest BCUT2D eigenvalue weighted by Crippen LogP contribution is 2.36. The Bertz CT molecular complexity index is 1400. The summed E-state index contributed by atoms with van der Waals surface area (Å²) < 4.78 is 16.9. The zero-order valence-electron chi connectivity index (χ0n) is 20.9. The SMILES string of the molecule is COc1cc2nccc(Oc3ccc(CC(=O)CC(=O)Cc4ccccc4CCO)cc3)c2cc1OC. The molecule has 7 heteroatoms. The Morgan fingerprint density at radius 3 is 2.19 bits per heavy atom. The minimum atomic E-state index is -0.139. The van der Waals surface area contributed by atoms with E-state index in [-0.39, 0.29) is 37.4 Å². The molecule has 0 aliphatic carbocycles. The molecule has 0 saturated carbocycles. The van der Waals surface area contributed by atoms with Crippen LogP contribution in [-0.2, 0) is 28.9 Å². The predicted molar refractivity (Wildman–Crippen MR) is 141 cm³/mol. The van der Waals surface area contributed by atoms with Crippen molar-refractivity contribution >= 4 is 22.5 Å². The fourth-order valence-electron chi connectivity index (χ4n) is 4.22. The number of fused-ring (bicyclic) bond motifs is 1. The summed E-state index contributed by atoms with van der Waals surface area (Å²) in [6.45, 7) is 0.0180. The second kappa shape index (κ2) is 12.1. The quantitative estimate of drug-likeness (QED) is 0.277. The fourth-order valence-corrected chi connectivity index (χ4v) is 4.22. The zero-order valence-corrected chi connectivity index (χ0v) is 20.9. The molecule has 4 aromatic rings. The number of methoxy groups -OCH3 is 2. The molecule has 0 saturated heterocycles. The van der Waals surface area contributed by atoms with Crippen LogP contribution in [0.5, 0.6) is 23.0 Å². The van der Waals surface area contributed by atoms with E-state index in [1.165, 1.54) is 0 Å². The summed E-state index contributed by atoms with van der Waals surface area (Å²) in [7, 11) is 3.15. The average molecular weight is 500 g/mol. The number of carbonyl (C=O) groups is 2. The molecule has 3 aromatic carbocycles. The van der Waals surface area contributed by atoms with Crippen LogP contribution in [0.2, 0.25) is 0 Å². The lowest BCUT2D eigenvalue weighted by atomic mass is 9.97. The molecule has 1 aromatic heterocycles. The van der Waals surface area contributed by atoms with Crippen molar-refractivity contribution in [2.75, 3.05) is 20.8 Å². The highest BCUT2D eigenvalue weighted by molar-refractivity contribution is 6.00. The average Bonchev–Trinajstić information content (AvgIpc) is 2.90. The van der Waals surface area contributed by atoms with E-state index in [1.807, 2.05) is 42.5 Å². The number of pyridine rings is 1. The van der Waals surface area contributed by atoms with Crippen molar-refractivity contribution in [2.45, 2.75) is 25.7 Å². The van der Waals surface area contributed by atoms with Crippen LogP contribution in [-0.4, -0.2) is 42.5 Å². The Morgan fingerprint density at radius 2 is 1.49 bits per heavy atom. The van der Waals surface area contributed by atoms with Crippen molar-refractivity contribution in [1.82, 2.24) is 4.98 Å². The first kappa shape index (κ1) is 25.9. The Morgan fingerprint density at radius 1 is 0.811 bits per heavy atom. The lowest BCUT2D eigenvalue weighted by Gasteiger charge is -2.12. The molecule has 0 atom stereocenters. The smallest absolute Gasteiger partial charge is 0.162 e. The van der Waals surface area contributed by atoms with Gasteiger partial charge in [0.2, 0.25) is 0 Å². The van der Waals surface area contributed by atoms with E-state index in [0.29, 0.717) is 34.9 Å².